The van der Waals surface area contributed by atoms with Crippen molar-refractivity contribution in [3.8, 4) is 0 Å². The van der Waals surface area contributed by atoms with Crippen molar-refractivity contribution in [2.24, 2.45) is 16.6 Å². The van der Waals surface area contributed by atoms with E-state index in [-0.39, 0.29) is 22.5 Å². The van der Waals surface area contributed by atoms with Crippen molar-refractivity contribution in [1.29, 1.82) is 0 Å². The van der Waals surface area contributed by atoms with Gasteiger partial charge in [-0.05, 0) is 49.5 Å². The molecule has 2 fully saturated rings. The fourth-order valence-electron chi connectivity index (χ4n) is 4.95. The van der Waals surface area contributed by atoms with Crippen molar-refractivity contribution in [2.75, 3.05) is 13.1 Å². The van der Waals surface area contributed by atoms with Crippen molar-refractivity contribution in [2.45, 2.75) is 44.9 Å². The number of nitrogens with zero attached hydrogens (tertiary/aromatic N) is 1. The third-order valence-electron chi connectivity index (χ3n) is 6.36. The number of hydrogen-bond acceptors (Lipinski definition) is 3. The van der Waals surface area contributed by atoms with Crippen LogP contribution in [0.15, 0.2) is 36.0 Å². The molecule has 2 aliphatic carbocycles. The summed E-state index contributed by atoms with van der Waals surface area (Å²) in [6.45, 7) is 5.29. The topological polar surface area (TPSA) is 63.4 Å². The normalized spacial score (nSPS) is 29.0. The van der Waals surface area contributed by atoms with E-state index in [2.05, 4.69) is 0 Å². The summed E-state index contributed by atoms with van der Waals surface area (Å²) >= 11 is 6.00. The molecule has 0 bridgehead atoms. The first-order chi connectivity index (χ1) is 12.2. The molecule has 1 aromatic carbocycles. The molecule has 0 unspecified atom stereocenters. The van der Waals surface area contributed by atoms with Gasteiger partial charge in [-0.25, -0.2) is 0 Å². The fourth-order valence-corrected chi connectivity index (χ4v) is 5.08. The number of Topliss-reactive ketones (excluding diaryl/α,β-unsaturated/α-hetero) is 1. The zero-order valence-electron chi connectivity index (χ0n) is 15.3. The maximum atomic E-state index is 13.3. The summed E-state index contributed by atoms with van der Waals surface area (Å²) in [7, 11) is 0. The minimum atomic E-state index is -0.467. The fraction of sp³-hybridized carbons (Fsp3) is 0.524. The average molecular weight is 373 g/mol. The Morgan fingerprint density at radius 2 is 1.81 bits per heavy atom. The van der Waals surface area contributed by atoms with Crippen molar-refractivity contribution in [1.82, 2.24) is 4.90 Å². The molecule has 138 valence electrons. The number of carbonyl (C=O) groups is 2. The zero-order valence-corrected chi connectivity index (χ0v) is 16.1. The second-order valence-electron chi connectivity index (χ2n) is 8.92. The van der Waals surface area contributed by atoms with Gasteiger partial charge in [0.25, 0.3) is 0 Å². The van der Waals surface area contributed by atoms with Crippen LogP contribution in [-0.4, -0.2) is 29.7 Å². The van der Waals surface area contributed by atoms with Crippen LogP contribution >= 0.6 is 11.6 Å². The maximum absolute atomic E-state index is 13.3. The average Bonchev–Trinajstić information content (AvgIpc) is 3.29. The van der Waals surface area contributed by atoms with Gasteiger partial charge in [0.2, 0.25) is 5.91 Å². The Bertz CT molecular complexity index is 808. The van der Waals surface area contributed by atoms with Crippen LogP contribution in [0.2, 0.25) is 5.02 Å². The summed E-state index contributed by atoms with van der Waals surface area (Å²) in [5, 5.41) is 0.687. The summed E-state index contributed by atoms with van der Waals surface area (Å²) in [6, 6.07) is 7.65. The number of halogens is 1. The molecule has 5 heteroatoms. The van der Waals surface area contributed by atoms with E-state index in [4.69, 9.17) is 17.3 Å². The van der Waals surface area contributed by atoms with E-state index in [1.165, 1.54) is 0 Å². The molecule has 0 aromatic heterocycles. The van der Waals surface area contributed by atoms with E-state index in [0.717, 1.165) is 37.8 Å². The Morgan fingerprint density at radius 1 is 1.15 bits per heavy atom. The first-order valence-electron chi connectivity index (χ1n) is 9.26. The Kier molecular flexibility index (Phi) is 3.78. The Labute approximate surface area is 159 Å². The van der Waals surface area contributed by atoms with Crippen LogP contribution in [0.25, 0.3) is 0 Å². The summed E-state index contributed by atoms with van der Waals surface area (Å²) in [5.41, 5.74) is 6.42. The predicted octanol–water partition coefficient (Wildman–Crippen LogP) is 3.43. The van der Waals surface area contributed by atoms with Crippen LogP contribution in [0.1, 0.15) is 45.1 Å². The number of carbonyl (C=O) groups excluding carboxylic acids is 2. The van der Waals surface area contributed by atoms with Gasteiger partial charge in [0.05, 0.1) is 11.1 Å². The van der Waals surface area contributed by atoms with Gasteiger partial charge < -0.3 is 10.6 Å². The minimum absolute atomic E-state index is 0.0210. The van der Waals surface area contributed by atoms with Crippen LogP contribution in [0.4, 0.5) is 0 Å². The highest BCUT2D eigenvalue weighted by atomic mass is 35.5. The summed E-state index contributed by atoms with van der Waals surface area (Å²) in [5.74, 6) is 0.228. The molecule has 1 saturated carbocycles. The highest BCUT2D eigenvalue weighted by Crippen LogP contribution is 2.53. The van der Waals surface area contributed by atoms with Crippen molar-refractivity contribution < 1.29 is 9.59 Å². The molecule has 26 heavy (non-hydrogen) atoms. The van der Waals surface area contributed by atoms with Crippen LogP contribution in [0.3, 0.4) is 0 Å². The van der Waals surface area contributed by atoms with Gasteiger partial charge in [0.1, 0.15) is 0 Å². The molecule has 1 saturated heterocycles. The smallest absolute Gasteiger partial charge is 0.233 e. The van der Waals surface area contributed by atoms with Gasteiger partial charge >= 0.3 is 0 Å². The third-order valence-corrected chi connectivity index (χ3v) is 6.61. The lowest BCUT2D eigenvalue weighted by Gasteiger charge is -2.39. The van der Waals surface area contributed by atoms with E-state index in [1.807, 2.05) is 49.1 Å². The lowest BCUT2D eigenvalue weighted by atomic mass is 9.65. The Hall–Kier alpha value is -1.81. The van der Waals surface area contributed by atoms with E-state index >= 15 is 0 Å². The van der Waals surface area contributed by atoms with Gasteiger partial charge in [-0.3, -0.25) is 9.59 Å². The van der Waals surface area contributed by atoms with E-state index in [1.54, 1.807) is 0 Å². The Balaban J connectivity index is 1.57. The van der Waals surface area contributed by atoms with Crippen molar-refractivity contribution >= 4 is 23.3 Å². The second-order valence-corrected chi connectivity index (χ2v) is 9.35. The third kappa shape index (κ3) is 2.66. The highest BCUT2D eigenvalue weighted by Gasteiger charge is 2.56. The molecule has 1 aliphatic heterocycles. The van der Waals surface area contributed by atoms with Gasteiger partial charge in [-0.15, -0.1) is 0 Å². The molecule has 0 radical (unpaired) electrons. The number of nitrogens with two attached hydrogens (primary N) is 1. The molecule has 1 aromatic rings. The van der Waals surface area contributed by atoms with Crippen LogP contribution in [0.5, 0.6) is 0 Å². The monoisotopic (exact) mass is 372 g/mol. The zero-order chi connectivity index (χ0) is 18.7. The molecule has 4 nitrogen and oxygen atoms in total. The molecule has 3 aliphatic rings. The Morgan fingerprint density at radius 3 is 2.38 bits per heavy atom. The van der Waals surface area contributed by atoms with Gasteiger partial charge in [0.15, 0.2) is 5.78 Å². The van der Waals surface area contributed by atoms with E-state index < -0.39 is 5.41 Å². The molecular formula is C21H25ClN2O2. The van der Waals surface area contributed by atoms with Crippen molar-refractivity contribution in [3.05, 3.63) is 46.6 Å². The first kappa shape index (κ1) is 17.6. The minimum Gasteiger partial charge on any atom is -0.396 e. The molecule has 2 N–H and O–H groups in total. The van der Waals surface area contributed by atoms with Gasteiger partial charge in [-0.2, -0.15) is 0 Å². The second kappa shape index (κ2) is 5.59. The van der Waals surface area contributed by atoms with Gasteiger partial charge in [0, 0.05) is 28.9 Å². The van der Waals surface area contributed by atoms with Crippen LogP contribution < -0.4 is 5.73 Å². The standard InChI is InChI=1S/C21H25ClN2O2/c1-19(2)12-20(11-16(23)17(19)25)9-10-24(13-20)18(26)21(7-8-21)14-3-5-15(22)6-4-14/h3-6,11H,7-10,12-13,23H2,1-2H3/t20-/m1/s1. The maximum Gasteiger partial charge on any atom is 0.233 e. The number of amides is 1. The number of allylic oxidation sites excluding steroid dienone is 1. The molecule has 1 amide bonds. The SMILES string of the molecule is CC1(C)C[C@]2(C=C(N)C1=O)CCN(C(=O)C1(c3ccc(Cl)cc3)CC1)C2. The number of benzene rings is 1. The first-order valence-corrected chi connectivity index (χ1v) is 9.64. The molecule has 1 heterocycles. The lowest BCUT2D eigenvalue weighted by molar-refractivity contribution is -0.133. The largest absolute Gasteiger partial charge is 0.396 e. The molecule has 1 spiro atoms. The van der Waals surface area contributed by atoms with E-state index in [9.17, 15) is 9.59 Å². The molecular weight excluding hydrogens is 348 g/mol. The molecule has 4 rings (SSSR count). The van der Waals surface area contributed by atoms with Crippen LogP contribution in [-0.2, 0) is 15.0 Å². The summed E-state index contributed by atoms with van der Waals surface area (Å²) in [6.07, 6.45) is 5.32. The highest BCUT2D eigenvalue weighted by molar-refractivity contribution is 6.30. The molecule has 1 atom stereocenters. The van der Waals surface area contributed by atoms with Crippen LogP contribution in [0, 0.1) is 10.8 Å². The number of likely N-dealkylation sites (tertiary alicyclic amines) is 1. The van der Waals surface area contributed by atoms with E-state index in [0.29, 0.717) is 17.3 Å². The number of rotatable bonds is 2. The summed E-state index contributed by atoms with van der Waals surface area (Å²) in [4.78, 5) is 27.6. The summed E-state index contributed by atoms with van der Waals surface area (Å²) < 4.78 is 0. The quantitative estimate of drug-likeness (QED) is 0.865. The number of hydrogen-bond donors (Lipinski definition) is 1. The van der Waals surface area contributed by atoms with Crippen molar-refractivity contribution in [3.63, 3.8) is 0 Å². The predicted molar refractivity (Wildman–Crippen MR) is 102 cm³/mol. The van der Waals surface area contributed by atoms with Gasteiger partial charge in [-0.1, -0.05) is 37.6 Å². The lowest BCUT2D eigenvalue weighted by Crippen LogP contribution is -2.44. The number of ketones is 1.